The zero-order valence-electron chi connectivity index (χ0n) is 14.5. The SMILES string of the molecule is Cc1ccc(S(=O)(=O)Nc2ccn(Cc3ccccc3C)n2)c(C)c1. The molecular weight excluding hydrogens is 334 g/mol. The Bertz CT molecular complexity index is 1010. The lowest BCUT2D eigenvalue weighted by Crippen LogP contribution is -2.15. The van der Waals surface area contributed by atoms with Crippen LogP contribution in [0.15, 0.2) is 59.6 Å². The number of hydrogen-bond acceptors (Lipinski definition) is 3. The molecule has 0 fully saturated rings. The lowest BCUT2D eigenvalue weighted by atomic mass is 10.1. The van der Waals surface area contributed by atoms with Gasteiger partial charge in [0.2, 0.25) is 0 Å². The molecule has 0 aliphatic rings. The second kappa shape index (κ2) is 6.72. The number of benzene rings is 2. The monoisotopic (exact) mass is 355 g/mol. The Morgan fingerprint density at radius 2 is 1.76 bits per heavy atom. The Balaban J connectivity index is 1.80. The number of anilines is 1. The van der Waals surface area contributed by atoms with E-state index in [0.717, 1.165) is 11.1 Å². The minimum Gasteiger partial charge on any atom is -0.266 e. The van der Waals surface area contributed by atoms with Gasteiger partial charge >= 0.3 is 0 Å². The fourth-order valence-electron chi connectivity index (χ4n) is 2.76. The normalized spacial score (nSPS) is 11.5. The number of rotatable bonds is 5. The molecule has 0 saturated carbocycles. The summed E-state index contributed by atoms with van der Waals surface area (Å²) in [5.41, 5.74) is 4.07. The summed E-state index contributed by atoms with van der Waals surface area (Å²) < 4.78 is 29.5. The average molecular weight is 355 g/mol. The molecule has 1 heterocycles. The van der Waals surface area contributed by atoms with Gasteiger partial charge in [0.1, 0.15) is 0 Å². The fourth-order valence-corrected chi connectivity index (χ4v) is 3.98. The molecule has 6 heteroatoms. The lowest BCUT2D eigenvalue weighted by molar-refractivity contribution is 0.600. The summed E-state index contributed by atoms with van der Waals surface area (Å²) in [4.78, 5) is 0.270. The molecule has 3 aromatic rings. The first-order valence-corrected chi connectivity index (χ1v) is 9.51. The number of aromatic nitrogens is 2. The molecule has 3 rings (SSSR count). The second-order valence-electron chi connectivity index (χ2n) is 6.20. The molecule has 0 unspecified atom stereocenters. The summed E-state index contributed by atoms with van der Waals surface area (Å²) in [5.74, 6) is 0.313. The van der Waals surface area contributed by atoms with E-state index in [9.17, 15) is 8.42 Å². The molecule has 0 radical (unpaired) electrons. The van der Waals surface area contributed by atoms with Crippen LogP contribution < -0.4 is 4.72 Å². The summed E-state index contributed by atoms with van der Waals surface area (Å²) in [6.45, 7) is 6.36. The fraction of sp³-hybridized carbons (Fsp3) is 0.211. The van der Waals surface area contributed by atoms with Crippen LogP contribution in [0.25, 0.3) is 0 Å². The van der Waals surface area contributed by atoms with E-state index in [4.69, 9.17) is 0 Å². The van der Waals surface area contributed by atoms with Gasteiger partial charge in [-0.3, -0.25) is 9.40 Å². The Labute approximate surface area is 148 Å². The van der Waals surface area contributed by atoms with Gasteiger partial charge in [-0.2, -0.15) is 5.10 Å². The maximum Gasteiger partial charge on any atom is 0.263 e. The first kappa shape index (κ1) is 17.2. The number of nitrogens with one attached hydrogen (secondary N) is 1. The van der Waals surface area contributed by atoms with Gasteiger partial charge in [-0.25, -0.2) is 8.42 Å². The Morgan fingerprint density at radius 3 is 2.48 bits per heavy atom. The highest BCUT2D eigenvalue weighted by molar-refractivity contribution is 7.92. The first-order chi connectivity index (χ1) is 11.8. The molecule has 5 nitrogen and oxygen atoms in total. The number of hydrogen-bond donors (Lipinski definition) is 1. The smallest absolute Gasteiger partial charge is 0.263 e. The van der Waals surface area contributed by atoms with Crippen molar-refractivity contribution < 1.29 is 8.42 Å². The van der Waals surface area contributed by atoms with Crippen LogP contribution in [-0.2, 0) is 16.6 Å². The van der Waals surface area contributed by atoms with Crippen molar-refractivity contribution in [1.29, 1.82) is 0 Å². The van der Waals surface area contributed by atoms with E-state index < -0.39 is 10.0 Å². The predicted octanol–water partition coefficient (Wildman–Crippen LogP) is 3.66. The highest BCUT2D eigenvalue weighted by Gasteiger charge is 2.18. The third-order valence-corrected chi connectivity index (χ3v) is 5.61. The van der Waals surface area contributed by atoms with Crippen LogP contribution in [0.2, 0.25) is 0 Å². The van der Waals surface area contributed by atoms with Crippen LogP contribution in [0.3, 0.4) is 0 Å². The van der Waals surface area contributed by atoms with E-state index in [0.29, 0.717) is 17.9 Å². The van der Waals surface area contributed by atoms with Gasteiger partial charge < -0.3 is 0 Å². The standard InChI is InChI=1S/C19H21N3O2S/c1-14-8-9-18(16(3)12-14)25(23,24)21-19-10-11-22(20-19)13-17-7-5-4-6-15(17)2/h4-12H,13H2,1-3H3,(H,20,21). The van der Waals surface area contributed by atoms with Gasteiger partial charge in [0.15, 0.2) is 5.82 Å². The van der Waals surface area contributed by atoms with Crippen LogP contribution in [0.4, 0.5) is 5.82 Å². The van der Waals surface area contributed by atoms with Crippen LogP contribution in [0, 0.1) is 20.8 Å². The Morgan fingerprint density at radius 1 is 1.00 bits per heavy atom. The van der Waals surface area contributed by atoms with Crippen molar-refractivity contribution in [1.82, 2.24) is 9.78 Å². The lowest BCUT2D eigenvalue weighted by Gasteiger charge is -2.09. The van der Waals surface area contributed by atoms with Gasteiger partial charge in [-0.15, -0.1) is 0 Å². The molecule has 1 N–H and O–H groups in total. The summed E-state index contributed by atoms with van der Waals surface area (Å²) in [6, 6.07) is 15.0. The maximum absolute atomic E-state index is 12.6. The third kappa shape index (κ3) is 3.91. The molecular formula is C19H21N3O2S. The average Bonchev–Trinajstić information content (AvgIpc) is 2.95. The minimum absolute atomic E-state index is 0.270. The Kier molecular flexibility index (Phi) is 4.63. The van der Waals surface area contributed by atoms with Crippen molar-refractivity contribution in [2.24, 2.45) is 0 Å². The molecule has 130 valence electrons. The minimum atomic E-state index is -3.65. The highest BCUT2D eigenvalue weighted by atomic mass is 32.2. The molecule has 0 spiro atoms. The van der Waals surface area contributed by atoms with E-state index in [-0.39, 0.29) is 4.90 Å². The Hall–Kier alpha value is -2.60. The molecule has 25 heavy (non-hydrogen) atoms. The number of aryl methyl sites for hydroxylation is 3. The van der Waals surface area contributed by atoms with Crippen molar-refractivity contribution in [3.63, 3.8) is 0 Å². The van der Waals surface area contributed by atoms with Crippen molar-refractivity contribution in [2.45, 2.75) is 32.2 Å². The summed E-state index contributed by atoms with van der Waals surface area (Å²) in [6.07, 6.45) is 1.77. The summed E-state index contributed by atoms with van der Waals surface area (Å²) in [5, 5.41) is 4.33. The predicted molar refractivity (Wildman–Crippen MR) is 99.2 cm³/mol. The topological polar surface area (TPSA) is 64.0 Å². The van der Waals surface area contributed by atoms with Crippen molar-refractivity contribution >= 4 is 15.8 Å². The third-order valence-electron chi connectivity index (χ3n) is 4.09. The van der Waals surface area contributed by atoms with Crippen LogP contribution in [0.5, 0.6) is 0 Å². The number of sulfonamides is 1. The second-order valence-corrected chi connectivity index (χ2v) is 7.85. The van der Waals surface area contributed by atoms with Gasteiger partial charge in [0.25, 0.3) is 10.0 Å². The molecule has 1 aromatic heterocycles. The molecule has 0 atom stereocenters. The van der Waals surface area contributed by atoms with E-state index >= 15 is 0 Å². The first-order valence-electron chi connectivity index (χ1n) is 8.03. The van der Waals surface area contributed by atoms with E-state index in [1.807, 2.05) is 44.2 Å². The summed E-state index contributed by atoms with van der Waals surface area (Å²) >= 11 is 0. The van der Waals surface area contributed by atoms with Crippen LogP contribution in [0.1, 0.15) is 22.3 Å². The molecule has 0 saturated heterocycles. The van der Waals surface area contributed by atoms with Gasteiger partial charge in [-0.1, -0.05) is 42.0 Å². The van der Waals surface area contributed by atoms with Crippen molar-refractivity contribution in [3.8, 4) is 0 Å². The van der Waals surface area contributed by atoms with E-state index in [1.54, 1.807) is 36.0 Å². The van der Waals surface area contributed by atoms with Gasteiger partial charge in [0, 0.05) is 12.3 Å². The zero-order valence-corrected chi connectivity index (χ0v) is 15.3. The summed E-state index contributed by atoms with van der Waals surface area (Å²) in [7, 11) is -3.65. The van der Waals surface area contributed by atoms with Crippen molar-refractivity contribution in [2.75, 3.05) is 4.72 Å². The number of nitrogens with zero attached hydrogens (tertiary/aromatic N) is 2. The maximum atomic E-state index is 12.6. The molecule has 0 bridgehead atoms. The quantitative estimate of drug-likeness (QED) is 0.760. The molecule has 0 amide bonds. The molecule has 0 aliphatic carbocycles. The molecule has 0 aliphatic heterocycles. The van der Waals surface area contributed by atoms with Crippen molar-refractivity contribution in [3.05, 3.63) is 77.0 Å². The van der Waals surface area contributed by atoms with Crippen LogP contribution >= 0.6 is 0 Å². The van der Waals surface area contributed by atoms with E-state index in [2.05, 4.69) is 9.82 Å². The molecule has 2 aromatic carbocycles. The highest BCUT2D eigenvalue weighted by Crippen LogP contribution is 2.19. The van der Waals surface area contributed by atoms with Crippen LogP contribution in [-0.4, -0.2) is 18.2 Å². The van der Waals surface area contributed by atoms with Gasteiger partial charge in [0.05, 0.1) is 11.4 Å². The zero-order chi connectivity index (χ0) is 18.0. The van der Waals surface area contributed by atoms with Gasteiger partial charge in [-0.05, 0) is 43.5 Å². The van der Waals surface area contributed by atoms with E-state index in [1.165, 1.54) is 5.56 Å². The largest absolute Gasteiger partial charge is 0.266 e.